The van der Waals surface area contributed by atoms with Gasteiger partial charge in [-0.1, -0.05) is 18.5 Å². The van der Waals surface area contributed by atoms with Crippen LogP contribution in [0.5, 0.6) is 0 Å². The largest absolute Gasteiger partial charge is 0.329 e. The molecule has 1 saturated carbocycles. The lowest BCUT2D eigenvalue weighted by molar-refractivity contribution is 0.477. The second-order valence-electron chi connectivity index (χ2n) is 4.59. The van der Waals surface area contributed by atoms with Crippen LogP contribution in [0, 0.1) is 6.92 Å². The van der Waals surface area contributed by atoms with E-state index in [1.54, 1.807) is 6.92 Å². The molecule has 0 aliphatic heterocycles. The Labute approximate surface area is 115 Å². The van der Waals surface area contributed by atoms with Crippen molar-refractivity contribution in [1.29, 1.82) is 0 Å². The molecule has 2 rings (SSSR count). The monoisotopic (exact) mass is 288 g/mol. The van der Waals surface area contributed by atoms with E-state index < -0.39 is 0 Å². The van der Waals surface area contributed by atoms with Crippen LogP contribution < -0.4 is 11.2 Å². The number of hydrogen-bond acceptors (Lipinski definition) is 3. The second-order valence-corrected chi connectivity index (χ2v) is 6.54. The maximum Gasteiger partial charge on any atom is 0.329 e. The third-order valence-corrected chi connectivity index (χ3v) is 5.04. The van der Waals surface area contributed by atoms with E-state index in [1.807, 2.05) is 11.8 Å². The molecule has 1 aromatic heterocycles. The third kappa shape index (κ3) is 2.52. The number of aromatic amines is 1. The molecule has 1 aliphatic rings. The van der Waals surface area contributed by atoms with Gasteiger partial charge in [-0.2, -0.15) is 11.8 Å². The molecule has 1 aromatic rings. The highest BCUT2D eigenvalue weighted by molar-refractivity contribution is 7.99. The van der Waals surface area contributed by atoms with Crippen LogP contribution in [0.4, 0.5) is 0 Å². The maximum absolute atomic E-state index is 12.1. The molecule has 0 amide bonds. The molecule has 18 heavy (non-hydrogen) atoms. The Morgan fingerprint density at radius 2 is 2.17 bits per heavy atom. The summed E-state index contributed by atoms with van der Waals surface area (Å²) in [7, 11) is 0. The van der Waals surface area contributed by atoms with Gasteiger partial charge in [0.15, 0.2) is 0 Å². The van der Waals surface area contributed by atoms with Gasteiger partial charge in [0.1, 0.15) is 5.15 Å². The summed E-state index contributed by atoms with van der Waals surface area (Å²) in [5.74, 6) is 1.07. The zero-order valence-electron chi connectivity index (χ0n) is 10.5. The second kappa shape index (κ2) is 5.53. The first kappa shape index (κ1) is 13.7. The van der Waals surface area contributed by atoms with Crippen molar-refractivity contribution in [2.45, 2.75) is 44.4 Å². The fourth-order valence-electron chi connectivity index (χ4n) is 2.49. The number of nitrogens with zero attached hydrogens (tertiary/aromatic N) is 1. The minimum Gasteiger partial charge on any atom is -0.297 e. The number of hydrogen-bond donors (Lipinski definition) is 1. The highest BCUT2D eigenvalue weighted by Gasteiger charge is 2.28. The first-order valence-electron chi connectivity index (χ1n) is 6.17. The lowest BCUT2D eigenvalue weighted by atomic mass is 10.2. The Morgan fingerprint density at radius 1 is 1.44 bits per heavy atom. The summed E-state index contributed by atoms with van der Waals surface area (Å²) in [6.45, 7) is 3.77. The molecule has 0 aromatic carbocycles. The number of nitrogens with one attached hydrogen (secondary N) is 1. The molecule has 4 nitrogen and oxygen atoms in total. The van der Waals surface area contributed by atoms with Crippen molar-refractivity contribution in [3.8, 4) is 0 Å². The van der Waals surface area contributed by atoms with Crippen LogP contribution >= 0.6 is 23.4 Å². The van der Waals surface area contributed by atoms with Crippen LogP contribution in [0.3, 0.4) is 0 Å². The fraction of sp³-hybridized carbons (Fsp3) is 0.667. The molecular formula is C12H17ClN2O2S. The zero-order valence-corrected chi connectivity index (χ0v) is 12.1. The molecule has 1 aliphatic carbocycles. The van der Waals surface area contributed by atoms with E-state index in [4.69, 9.17) is 11.6 Å². The number of rotatable bonds is 3. The molecule has 1 N–H and O–H groups in total. The van der Waals surface area contributed by atoms with Gasteiger partial charge >= 0.3 is 5.69 Å². The summed E-state index contributed by atoms with van der Waals surface area (Å²) < 4.78 is 1.34. The fourth-order valence-corrected chi connectivity index (χ4v) is 3.78. The first-order chi connectivity index (χ1) is 8.54. The summed E-state index contributed by atoms with van der Waals surface area (Å²) in [5.41, 5.74) is -0.221. The standard InChI is InChI=1S/C12H17ClN2O2S/c1-3-18-9-5-4-8(6-9)15-11(16)7(2)10(13)14-12(15)17/h8-9H,3-6H2,1-2H3,(H,14,17). The Balaban J connectivity index is 2.33. The maximum atomic E-state index is 12.1. The highest BCUT2D eigenvalue weighted by Crippen LogP contribution is 2.35. The zero-order chi connectivity index (χ0) is 13.3. The summed E-state index contributed by atoms with van der Waals surface area (Å²) in [4.78, 5) is 26.5. The Bertz CT molecular complexity index is 552. The molecule has 0 spiro atoms. The predicted molar refractivity (Wildman–Crippen MR) is 75.9 cm³/mol. The molecule has 0 bridgehead atoms. The molecular weight excluding hydrogens is 272 g/mol. The van der Waals surface area contributed by atoms with Gasteiger partial charge in [0, 0.05) is 16.9 Å². The van der Waals surface area contributed by atoms with E-state index >= 15 is 0 Å². The van der Waals surface area contributed by atoms with E-state index in [2.05, 4.69) is 11.9 Å². The van der Waals surface area contributed by atoms with Crippen molar-refractivity contribution in [1.82, 2.24) is 9.55 Å². The molecule has 0 saturated heterocycles. The van der Waals surface area contributed by atoms with E-state index in [1.165, 1.54) is 4.57 Å². The quantitative estimate of drug-likeness (QED) is 0.869. The third-order valence-electron chi connectivity index (χ3n) is 3.43. The van der Waals surface area contributed by atoms with Gasteiger partial charge < -0.3 is 0 Å². The average Bonchev–Trinajstić information content (AvgIpc) is 2.75. The molecule has 2 unspecified atom stereocenters. The van der Waals surface area contributed by atoms with Crippen LogP contribution in [-0.2, 0) is 0 Å². The van der Waals surface area contributed by atoms with Crippen molar-refractivity contribution in [3.05, 3.63) is 31.6 Å². The van der Waals surface area contributed by atoms with Crippen molar-refractivity contribution < 1.29 is 0 Å². The van der Waals surface area contributed by atoms with Gasteiger partial charge in [-0.05, 0) is 31.9 Å². The Morgan fingerprint density at radius 3 is 2.83 bits per heavy atom. The Kier molecular flexibility index (Phi) is 4.22. The van der Waals surface area contributed by atoms with E-state index in [9.17, 15) is 9.59 Å². The van der Waals surface area contributed by atoms with Gasteiger partial charge in [0.25, 0.3) is 5.56 Å². The summed E-state index contributed by atoms with van der Waals surface area (Å²) in [6.07, 6.45) is 2.85. The minimum atomic E-state index is -0.386. The molecule has 6 heteroatoms. The van der Waals surface area contributed by atoms with Gasteiger partial charge in [0.2, 0.25) is 0 Å². The van der Waals surface area contributed by atoms with Crippen LogP contribution in [0.2, 0.25) is 5.15 Å². The Hall–Kier alpha value is -0.680. The molecule has 1 fully saturated rings. The van der Waals surface area contributed by atoms with Gasteiger partial charge in [-0.15, -0.1) is 0 Å². The number of aromatic nitrogens is 2. The smallest absolute Gasteiger partial charge is 0.297 e. The normalized spacial score (nSPS) is 23.5. The highest BCUT2D eigenvalue weighted by atomic mass is 35.5. The average molecular weight is 289 g/mol. The van der Waals surface area contributed by atoms with Crippen molar-refractivity contribution >= 4 is 23.4 Å². The number of halogens is 1. The van der Waals surface area contributed by atoms with E-state index in [0.717, 1.165) is 25.0 Å². The molecule has 100 valence electrons. The SMILES string of the molecule is CCSC1CCC(n2c(=O)[nH]c(Cl)c(C)c2=O)C1. The summed E-state index contributed by atoms with van der Waals surface area (Å²) in [6, 6.07) is 0.0151. The van der Waals surface area contributed by atoms with E-state index in [0.29, 0.717) is 10.8 Å². The minimum absolute atomic E-state index is 0.0151. The van der Waals surface area contributed by atoms with Crippen molar-refractivity contribution in [2.24, 2.45) is 0 Å². The number of H-pyrrole nitrogens is 1. The van der Waals surface area contributed by atoms with Crippen molar-refractivity contribution in [2.75, 3.05) is 5.75 Å². The topological polar surface area (TPSA) is 54.9 Å². The van der Waals surface area contributed by atoms with Crippen LogP contribution in [0.25, 0.3) is 0 Å². The van der Waals surface area contributed by atoms with E-state index in [-0.39, 0.29) is 22.4 Å². The molecule has 0 radical (unpaired) electrons. The number of thioether (sulfide) groups is 1. The van der Waals surface area contributed by atoms with Gasteiger partial charge in [0.05, 0.1) is 0 Å². The van der Waals surface area contributed by atoms with Crippen LogP contribution in [0.15, 0.2) is 9.59 Å². The summed E-state index contributed by atoms with van der Waals surface area (Å²) >= 11 is 7.71. The summed E-state index contributed by atoms with van der Waals surface area (Å²) in [5, 5.41) is 0.709. The molecule has 1 heterocycles. The van der Waals surface area contributed by atoms with Gasteiger partial charge in [-0.3, -0.25) is 14.3 Å². The first-order valence-corrected chi connectivity index (χ1v) is 7.59. The molecule has 2 atom stereocenters. The lowest BCUT2D eigenvalue weighted by Crippen LogP contribution is -2.38. The predicted octanol–water partition coefficient (Wildman–Crippen LogP) is 2.35. The lowest BCUT2D eigenvalue weighted by Gasteiger charge is -2.14. The van der Waals surface area contributed by atoms with Gasteiger partial charge in [-0.25, -0.2) is 4.79 Å². The van der Waals surface area contributed by atoms with Crippen LogP contribution in [0.1, 0.15) is 37.8 Å². The van der Waals surface area contributed by atoms with Crippen molar-refractivity contribution in [3.63, 3.8) is 0 Å². The van der Waals surface area contributed by atoms with Crippen LogP contribution in [-0.4, -0.2) is 20.6 Å².